The van der Waals surface area contributed by atoms with Gasteiger partial charge in [0.2, 0.25) is 11.8 Å². The second kappa shape index (κ2) is 6.43. The van der Waals surface area contributed by atoms with E-state index in [9.17, 15) is 9.59 Å². The average molecular weight is 287 g/mol. The molecule has 2 rings (SSSR count). The number of fused-ring (bicyclic) bond motifs is 1. The van der Waals surface area contributed by atoms with Gasteiger partial charge >= 0.3 is 0 Å². The smallest absolute Gasteiger partial charge is 0.222 e. The van der Waals surface area contributed by atoms with Gasteiger partial charge in [-0.3, -0.25) is 9.59 Å². The molecule has 0 unspecified atom stereocenters. The summed E-state index contributed by atoms with van der Waals surface area (Å²) in [6.45, 7) is 4.39. The molecule has 21 heavy (non-hydrogen) atoms. The van der Waals surface area contributed by atoms with E-state index in [2.05, 4.69) is 40.3 Å². The molecule has 0 saturated carbocycles. The predicted octanol–water partition coefficient (Wildman–Crippen LogP) is 1.63. The predicted molar refractivity (Wildman–Crippen MR) is 82.8 cm³/mol. The Morgan fingerprint density at radius 1 is 1.19 bits per heavy atom. The van der Waals surface area contributed by atoms with Crippen molar-refractivity contribution in [2.75, 3.05) is 6.54 Å². The number of aromatic nitrogens is 1. The van der Waals surface area contributed by atoms with Crippen LogP contribution in [0.3, 0.4) is 0 Å². The van der Waals surface area contributed by atoms with E-state index in [1.54, 1.807) is 0 Å². The Kier molecular flexibility index (Phi) is 4.62. The maximum Gasteiger partial charge on any atom is 0.222 e. The van der Waals surface area contributed by atoms with E-state index >= 15 is 0 Å². The van der Waals surface area contributed by atoms with Crippen LogP contribution in [0.5, 0.6) is 0 Å². The minimum Gasteiger partial charge on any atom is -0.356 e. The molecular weight excluding hydrogens is 266 g/mol. The Morgan fingerprint density at radius 2 is 1.95 bits per heavy atom. The fourth-order valence-corrected chi connectivity index (χ4v) is 2.29. The summed E-state index contributed by atoms with van der Waals surface area (Å²) in [7, 11) is 2.04. The molecule has 0 saturated heterocycles. The molecular formula is C16H21N3O2. The summed E-state index contributed by atoms with van der Waals surface area (Å²) in [5, 5.41) is 6.65. The van der Waals surface area contributed by atoms with Gasteiger partial charge in [0.15, 0.2) is 0 Å². The maximum atomic E-state index is 11.7. The third-order valence-corrected chi connectivity index (χ3v) is 3.56. The molecule has 0 aliphatic heterocycles. The van der Waals surface area contributed by atoms with Crippen LogP contribution in [0.15, 0.2) is 24.3 Å². The number of rotatable bonds is 5. The summed E-state index contributed by atoms with van der Waals surface area (Å²) in [5.74, 6) is -0.180. The van der Waals surface area contributed by atoms with Crippen LogP contribution < -0.4 is 10.6 Å². The third kappa shape index (κ3) is 3.84. The van der Waals surface area contributed by atoms with E-state index in [0.717, 1.165) is 5.56 Å². The van der Waals surface area contributed by atoms with Crippen LogP contribution >= 0.6 is 0 Å². The molecule has 2 N–H and O–H groups in total. The summed E-state index contributed by atoms with van der Waals surface area (Å²) in [5.41, 5.74) is 3.47. The van der Waals surface area contributed by atoms with Crippen molar-refractivity contribution in [1.29, 1.82) is 0 Å². The van der Waals surface area contributed by atoms with Gasteiger partial charge in [-0.15, -0.1) is 0 Å². The van der Waals surface area contributed by atoms with Crippen LogP contribution in [-0.4, -0.2) is 22.9 Å². The second-order valence-corrected chi connectivity index (χ2v) is 5.25. The van der Waals surface area contributed by atoms with Crippen molar-refractivity contribution in [3.63, 3.8) is 0 Å². The molecule has 1 heterocycles. The van der Waals surface area contributed by atoms with E-state index in [1.165, 1.54) is 23.5 Å². The zero-order valence-electron chi connectivity index (χ0n) is 12.7. The molecule has 5 heteroatoms. The normalized spacial score (nSPS) is 10.6. The van der Waals surface area contributed by atoms with E-state index in [4.69, 9.17) is 0 Å². The highest BCUT2D eigenvalue weighted by Gasteiger charge is 2.05. The van der Waals surface area contributed by atoms with Gasteiger partial charge in [0.25, 0.3) is 0 Å². The van der Waals surface area contributed by atoms with E-state index in [-0.39, 0.29) is 11.8 Å². The zero-order chi connectivity index (χ0) is 15.4. The first-order chi connectivity index (χ1) is 9.97. The summed E-state index contributed by atoms with van der Waals surface area (Å²) in [6.07, 6.45) is 0.298. The molecule has 2 amide bonds. The first-order valence-electron chi connectivity index (χ1n) is 7.03. The Labute approximate surface area is 124 Å². The van der Waals surface area contributed by atoms with Crippen molar-refractivity contribution >= 4 is 22.7 Å². The van der Waals surface area contributed by atoms with Crippen LogP contribution in [0.25, 0.3) is 10.9 Å². The summed E-state index contributed by atoms with van der Waals surface area (Å²) >= 11 is 0. The number of nitrogens with zero attached hydrogens (tertiary/aromatic N) is 1. The molecule has 0 fully saturated rings. The molecule has 0 spiro atoms. The molecule has 0 aliphatic carbocycles. The molecule has 112 valence electrons. The Bertz CT molecular complexity index is 673. The number of carbonyl (C=O) groups excluding carboxylic acids is 2. The molecule has 1 aromatic carbocycles. The lowest BCUT2D eigenvalue weighted by Gasteiger charge is -2.06. The number of nitrogens with one attached hydrogen (secondary N) is 2. The summed E-state index contributed by atoms with van der Waals surface area (Å²) in [4.78, 5) is 22.4. The van der Waals surface area contributed by atoms with Crippen LogP contribution in [0, 0.1) is 6.92 Å². The van der Waals surface area contributed by atoms with E-state index in [1.807, 2.05) is 13.1 Å². The Hall–Kier alpha value is -2.30. The first kappa shape index (κ1) is 15.1. The van der Waals surface area contributed by atoms with Gasteiger partial charge in [0.1, 0.15) is 0 Å². The fourth-order valence-electron chi connectivity index (χ4n) is 2.29. The lowest BCUT2D eigenvalue weighted by molar-refractivity contribution is -0.121. The standard InChI is InChI=1S/C16H21N3O2/c1-11-8-14-9-13(4-5-15(14)19(11)3)10-18-16(21)6-7-17-12(2)20/h4-5,8-9H,6-7,10H2,1-3H3,(H,17,20)(H,18,21). The van der Waals surface area contributed by atoms with Gasteiger partial charge < -0.3 is 15.2 Å². The highest BCUT2D eigenvalue weighted by Crippen LogP contribution is 2.19. The number of hydrogen-bond acceptors (Lipinski definition) is 2. The SMILES string of the molecule is CC(=O)NCCC(=O)NCc1ccc2c(c1)cc(C)n2C. The minimum absolute atomic E-state index is 0.0620. The minimum atomic E-state index is -0.118. The lowest BCUT2D eigenvalue weighted by atomic mass is 10.1. The van der Waals surface area contributed by atoms with Crippen molar-refractivity contribution in [1.82, 2.24) is 15.2 Å². The first-order valence-corrected chi connectivity index (χ1v) is 7.03. The van der Waals surface area contributed by atoms with Crippen molar-refractivity contribution in [2.45, 2.75) is 26.8 Å². The molecule has 0 aliphatic rings. The Morgan fingerprint density at radius 3 is 2.67 bits per heavy atom. The number of benzene rings is 1. The highest BCUT2D eigenvalue weighted by atomic mass is 16.2. The van der Waals surface area contributed by atoms with Crippen molar-refractivity contribution in [3.05, 3.63) is 35.5 Å². The molecule has 0 bridgehead atoms. The van der Waals surface area contributed by atoms with Gasteiger partial charge in [-0.2, -0.15) is 0 Å². The fraction of sp³-hybridized carbons (Fsp3) is 0.375. The van der Waals surface area contributed by atoms with Crippen molar-refractivity contribution in [2.24, 2.45) is 7.05 Å². The van der Waals surface area contributed by atoms with E-state index < -0.39 is 0 Å². The van der Waals surface area contributed by atoms with E-state index in [0.29, 0.717) is 19.5 Å². The van der Waals surface area contributed by atoms with Crippen LogP contribution in [0.1, 0.15) is 24.6 Å². The quantitative estimate of drug-likeness (QED) is 0.878. The van der Waals surface area contributed by atoms with Crippen molar-refractivity contribution < 1.29 is 9.59 Å². The second-order valence-electron chi connectivity index (χ2n) is 5.25. The summed E-state index contributed by atoms with van der Waals surface area (Å²) < 4.78 is 2.14. The van der Waals surface area contributed by atoms with Crippen molar-refractivity contribution in [3.8, 4) is 0 Å². The van der Waals surface area contributed by atoms with Crippen LogP contribution in [-0.2, 0) is 23.2 Å². The molecule has 0 atom stereocenters. The number of carbonyl (C=O) groups is 2. The lowest BCUT2D eigenvalue weighted by Crippen LogP contribution is -2.29. The van der Waals surface area contributed by atoms with Crippen LogP contribution in [0.4, 0.5) is 0 Å². The van der Waals surface area contributed by atoms with Gasteiger partial charge in [-0.1, -0.05) is 6.07 Å². The monoisotopic (exact) mass is 287 g/mol. The molecule has 2 aromatic rings. The molecule has 0 radical (unpaired) electrons. The topological polar surface area (TPSA) is 63.1 Å². The highest BCUT2D eigenvalue weighted by molar-refractivity contribution is 5.82. The molecule has 1 aromatic heterocycles. The maximum absolute atomic E-state index is 11.7. The zero-order valence-corrected chi connectivity index (χ0v) is 12.7. The largest absolute Gasteiger partial charge is 0.356 e. The van der Waals surface area contributed by atoms with Gasteiger partial charge in [-0.25, -0.2) is 0 Å². The number of aryl methyl sites for hydroxylation is 2. The molecule has 5 nitrogen and oxygen atoms in total. The van der Waals surface area contributed by atoms with Gasteiger partial charge in [-0.05, 0) is 30.7 Å². The number of amides is 2. The van der Waals surface area contributed by atoms with Crippen LogP contribution in [0.2, 0.25) is 0 Å². The average Bonchev–Trinajstić information content (AvgIpc) is 2.71. The third-order valence-electron chi connectivity index (χ3n) is 3.56. The van der Waals surface area contributed by atoms with Gasteiger partial charge in [0, 0.05) is 50.1 Å². The number of hydrogen-bond donors (Lipinski definition) is 2. The Balaban J connectivity index is 1.91. The van der Waals surface area contributed by atoms with Gasteiger partial charge in [0.05, 0.1) is 0 Å². The summed E-state index contributed by atoms with van der Waals surface area (Å²) in [6, 6.07) is 8.32.